The number of ether oxygens (including phenoxy) is 2. The largest absolute Gasteiger partial charge is 0.481 e. The molecule has 0 aliphatic carbocycles. The number of benzene rings is 2. The first kappa shape index (κ1) is 26.6. The number of rotatable bonds is 8. The molecule has 0 bridgehead atoms. The molecule has 0 spiro atoms. The Labute approximate surface area is 215 Å². The van der Waals surface area contributed by atoms with Crippen molar-refractivity contribution in [2.45, 2.75) is 51.3 Å². The second kappa shape index (κ2) is 11.7. The van der Waals surface area contributed by atoms with E-state index in [0.29, 0.717) is 36.9 Å². The molecular formula is C27H33FN4O5. The zero-order valence-corrected chi connectivity index (χ0v) is 21.3. The number of nitrogens with zero attached hydrogens (tertiary/aromatic N) is 2. The predicted octanol–water partition coefficient (Wildman–Crippen LogP) is 4.13. The molecule has 2 aliphatic heterocycles. The Hall–Kier alpha value is -3.50. The van der Waals surface area contributed by atoms with Crippen LogP contribution in [0.4, 0.5) is 21.5 Å². The van der Waals surface area contributed by atoms with E-state index < -0.39 is 24.0 Å². The summed E-state index contributed by atoms with van der Waals surface area (Å²) in [7, 11) is 1.64. The number of piperazine rings is 1. The van der Waals surface area contributed by atoms with Crippen molar-refractivity contribution in [2.75, 3.05) is 32.1 Å². The number of anilines is 2. The summed E-state index contributed by atoms with van der Waals surface area (Å²) < 4.78 is 25.3. The predicted molar refractivity (Wildman–Crippen MR) is 138 cm³/mol. The molecular weight excluding hydrogens is 479 g/mol. The second-order valence-electron chi connectivity index (χ2n) is 9.56. The van der Waals surface area contributed by atoms with Crippen LogP contribution in [0.15, 0.2) is 41.4 Å². The molecule has 2 heterocycles. The highest BCUT2D eigenvalue weighted by molar-refractivity contribution is 6.08. The number of hydrogen-bond donors (Lipinski definition) is 3. The number of methoxy groups -OCH3 is 1. The topological polar surface area (TPSA) is 112 Å². The summed E-state index contributed by atoms with van der Waals surface area (Å²) in [4.78, 5) is 30.3. The van der Waals surface area contributed by atoms with E-state index in [9.17, 15) is 14.0 Å². The third kappa shape index (κ3) is 6.44. The fourth-order valence-corrected chi connectivity index (χ4v) is 4.45. The molecule has 1 fully saturated rings. The van der Waals surface area contributed by atoms with Gasteiger partial charge in [-0.25, -0.2) is 9.38 Å². The fourth-order valence-electron chi connectivity index (χ4n) is 4.45. The number of carbonyl (C=O) groups excluding carboxylic acids is 1. The van der Waals surface area contributed by atoms with Gasteiger partial charge in [0.2, 0.25) is 0 Å². The number of nitrogens with one attached hydrogen (secondary N) is 2. The molecule has 0 amide bonds. The minimum atomic E-state index is -1.07. The summed E-state index contributed by atoms with van der Waals surface area (Å²) in [5, 5.41) is 15.7. The van der Waals surface area contributed by atoms with E-state index in [1.54, 1.807) is 13.2 Å². The van der Waals surface area contributed by atoms with Gasteiger partial charge in [-0.3, -0.25) is 9.59 Å². The highest BCUT2D eigenvalue weighted by Gasteiger charge is 2.35. The number of carboxylic acid groups (broad SMARTS) is 1. The van der Waals surface area contributed by atoms with E-state index in [0.717, 1.165) is 23.2 Å². The summed E-state index contributed by atoms with van der Waals surface area (Å²) in [5.74, 6) is -1.27. The fraction of sp³-hybridized carbons (Fsp3) is 0.444. The number of amidine groups is 1. The van der Waals surface area contributed by atoms with E-state index >= 15 is 0 Å². The molecule has 1 saturated heterocycles. The van der Waals surface area contributed by atoms with E-state index in [4.69, 9.17) is 19.6 Å². The monoisotopic (exact) mass is 512 g/mol. The third-order valence-electron chi connectivity index (χ3n) is 6.51. The number of halogens is 1. The van der Waals surface area contributed by atoms with Crippen molar-refractivity contribution in [3.8, 4) is 0 Å². The number of esters is 1. The van der Waals surface area contributed by atoms with Gasteiger partial charge in [0.15, 0.2) is 6.23 Å². The van der Waals surface area contributed by atoms with E-state index in [-0.39, 0.29) is 24.8 Å². The number of hydrogen-bond acceptors (Lipinski definition) is 8. The van der Waals surface area contributed by atoms with Crippen LogP contribution in [-0.4, -0.2) is 66.9 Å². The lowest BCUT2D eigenvalue weighted by molar-refractivity contribution is -0.159. The molecule has 2 aliphatic rings. The van der Waals surface area contributed by atoms with Gasteiger partial charge in [-0.05, 0) is 42.2 Å². The Morgan fingerprint density at radius 3 is 2.70 bits per heavy atom. The zero-order valence-electron chi connectivity index (χ0n) is 21.3. The molecule has 0 radical (unpaired) electrons. The summed E-state index contributed by atoms with van der Waals surface area (Å²) >= 11 is 0. The molecule has 198 valence electrons. The number of aliphatic imine (C=N–C) groups is 1. The first-order valence-electron chi connectivity index (χ1n) is 12.4. The van der Waals surface area contributed by atoms with Crippen LogP contribution in [0.1, 0.15) is 50.2 Å². The van der Waals surface area contributed by atoms with Crippen molar-refractivity contribution in [1.29, 1.82) is 0 Å². The van der Waals surface area contributed by atoms with Crippen LogP contribution in [-0.2, 0) is 19.1 Å². The van der Waals surface area contributed by atoms with Crippen molar-refractivity contribution in [3.05, 3.63) is 53.3 Å². The lowest BCUT2D eigenvalue weighted by Gasteiger charge is -2.41. The molecule has 2 aromatic carbocycles. The molecule has 2 atom stereocenters. The molecule has 3 N–H and O–H groups in total. The van der Waals surface area contributed by atoms with Gasteiger partial charge in [-0.1, -0.05) is 19.9 Å². The summed E-state index contributed by atoms with van der Waals surface area (Å²) in [6.07, 6.45) is -0.553. The molecule has 1 unspecified atom stereocenters. The Kier molecular flexibility index (Phi) is 8.40. The smallest absolute Gasteiger partial charge is 0.308 e. The molecule has 10 heteroatoms. The van der Waals surface area contributed by atoms with Crippen LogP contribution in [0.3, 0.4) is 0 Å². The summed E-state index contributed by atoms with van der Waals surface area (Å²) in [6.45, 7) is 5.52. The second-order valence-corrected chi connectivity index (χ2v) is 9.56. The Morgan fingerprint density at radius 2 is 1.97 bits per heavy atom. The maximum absolute atomic E-state index is 14.2. The molecule has 9 nitrogen and oxygen atoms in total. The van der Waals surface area contributed by atoms with E-state index in [1.807, 2.05) is 17.0 Å². The third-order valence-corrected chi connectivity index (χ3v) is 6.51. The van der Waals surface area contributed by atoms with Gasteiger partial charge in [0.1, 0.15) is 11.7 Å². The maximum Gasteiger partial charge on any atom is 0.308 e. The average molecular weight is 513 g/mol. The zero-order chi connectivity index (χ0) is 26.5. The van der Waals surface area contributed by atoms with Crippen molar-refractivity contribution in [3.63, 3.8) is 0 Å². The minimum absolute atomic E-state index is 0.0246. The van der Waals surface area contributed by atoms with E-state index in [2.05, 4.69) is 30.5 Å². The average Bonchev–Trinajstić information content (AvgIpc) is 3.02. The lowest BCUT2D eigenvalue weighted by Crippen LogP contribution is -2.60. The first-order chi connectivity index (χ1) is 17.7. The van der Waals surface area contributed by atoms with Crippen LogP contribution in [0, 0.1) is 5.82 Å². The van der Waals surface area contributed by atoms with Gasteiger partial charge >= 0.3 is 11.9 Å². The van der Waals surface area contributed by atoms with Gasteiger partial charge in [-0.2, -0.15) is 0 Å². The van der Waals surface area contributed by atoms with Crippen molar-refractivity contribution < 1.29 is 28.6 Å². The summed E-state index contributed by atoms with van der Waals surface area (Å²) in [6, 6.07) is 10.5. The number of carbonyl (C=O) groups is 2. The molecule has 37 heavy (non-hydrogen) atoms. The Morgan fingerprint density at radius 1 is 1.19 bits per heavy atom. The van der Waals surface area contributed by atoms with Crippen molar-refractivity contribution in [1.82, 2.24) is 10.2 Å². The number of fused-ring (bicyclic) bond motifs is 2. The van der Waals surface area contributed by atoms with Crippen LogP contribution >= 0.6 is 0 Å². The highest BCUT2D eigenvalue weighted by Crippen LogP contribution is 2.37. The van der Waals surface area contributed by atoms with Gasteiger partial charge in [0.25, 0.3) is 0 Å². The highest BCUT2D eigenvalue weighted by atomic mass is 19.1. The Balaban J connectivity index is 1.78. The van der Waals surface area contributed by atoms with Gasteiger partial charge in [0.05, 0.1) is 30.8 Å². The van der Waals surface area contributed by atoms with Crippen molar-refractivity contribution >= 4 is 34.8 Å². The van der Waals surface area contributed by atoms with Gasteiger partial charge in [-0.15, -0.1) is 0 Å². The normalized spacial score (nSPS) is 18.8. The van der Waals surface area contributed by atoms with E-state index in [1.165, 1.54) is 12.1 Å². The van der Waals surface area contributed by atoms with Crippen molar-refractivity contribution in [2.24, 2.45) is 4.99 Å². The van der Waals surface area contributed by atoms with Crippen LogP contribution in [0.5, 0.6) is 0 Å². The SMILES string of the molecule is COCC[C@H]1CN(C2=Nc3cc(F)ccc3Nc3ccc(C(C)C)cc32)C(OC(=O)CCC(=O)O)CN1. The van der Waals surface area contributed by atoms with Gasteiger partial charge in [0, 0.05) is 43.6 Å². The lowest BCUT2D eigenvalue weighted by atomic mass is 9.98. The Bertz CT molecular complexity index is 1190. The van der Waals surface area contributed by atoms with Gasteiger partial charge < -0.3 is 30.1 Å². The molecule has 0 aromatic heterocycles. The first-order valence-corrected chi connectivity index (χ1v) is 12.4. The molecule has 0 saturated carbocycles. The van der Waals surface area contributed by atoms with Crippen LogP contribution in [0.25, 0.3) is 0 Å². The minimum Gasteiger partial charge on any atom is -0.481 e. The molecule has 2 aromatic rings. The number of carboxylic acids is 1. The quantitative estimate of drug-likeness (QED) is 0.453. The standard InChI is InChI=1S/C27H33FN4O5/c1-16(2)17-4-6-21-20(12-17)27(31-23-13-18(28)5-7-22(23)30-21)32-15-19(10-11-36-3)29-14-24(32)37-26(35)9-8-25(33)34/h4-7,12-13,16,19,24,29-30H,8-11,14-15H2,1-3H3,(H,33,34)/t19-,24?/m0/s1. The molecule has 4 rings (SSSR count). The van der Waals surface area contributed by atoms with Crippen LogP contribution < -0.4 is 10.6 Å². The maximum atomic E-state index is 14.2. The summed E-state index contributed by atoms with van der Waals surface area (Å²) in [5.41, 5.74) is 3.81. The van der Waals surface area contributed by atoms with Crippen LogP contribution in [0.2, 0.25) is 0 Å². The number of aliphatic carboxylic acids is 1.